The maximum Gasteiger partial charge on any atom is 0.145 e. The zero-order chi connectivity index (χ0) is 61.8. The molecule has 0 saturated carbocycles. The molecule has 90 heavy (non-hydrogen) atoms. The highest BCUT2D eigenvalue weighted by atomic mass is 16.3. The number of dihydropyridines is 1. The molecule has 0 bridgehead atoms. The highest BCUT2D eigenvalue weighted by Crippen LogP contribution is 2.64. The highest BCUT2D eigenvalue weighted by Gasteiger charge is 2.50. The second-order valence-electron chi connectivity index (χ2n) is 27.0. The summed E-state index contributed by atoms with van der Waals surface area (Å²) in [7, 11) is 0. The second-order valence-corrected chi connectivity index (χ2v) is 27.0. The number of benzene rings is 11. The normalized spacial score (nSPS) is 13.8. The molecule has 0 amide bonds. The molecule has 0 spiro atoms. The molecule has 2 aliphatic rings. The molecule has 5 heteroatoms. The molecule has 440 valence electrons. The summed E-state index contributed by atoms with van der Waals surface area (Å²) in [6.07, 6.45) is 4.41. The lowest BCUT2D eigenvalue weighted by Crippen LogP contribution is -2.33. The molecular formula is C85H74N4O. The van der Waals surface area contributed by atoms with E-state index < -0.39 is 5.41 Å². The van der Waals surface area contributed by atoms with Crippen molar-refractivity contribution in [2.24, 2.45) is 0 Å². The van der Waals surface area contributed by atoms with Gasteiger partial charge in [0.15, 0.2) is 0 Å². The minimum atomic E-state index is -0.892. The standard InChI is InChI=1S/C85H74N4O/c1-53-47-71(64-31-19-17-25-55(64)3)81(86-51-53)88(61-41-37-57(38-42-61)83(5,6)7)63-45-46-68-70(49-63)66-33-21-22-34-67(66)77-78-73(85(79(68)77,59-27-13-11-14-28-59)60-29-15-12-16-30-60)50-74(76-69-35-23-24-36-75(69)90-80(76)78)89(62-43-39-58(40-44-62)84(8,9)10)82-72(48-54(2)52-87-82)65-32-20-18-26-56(65)4/h11-50,52,86H,51H2,1-10H3. The lowest BCUT2D eigenvalue weighted by atomic mass is 9.66. The number of hydrogen-bond donors (Lipinski definition) is 1. The third-order valence-corrected chi connectivity index (χ3v) is 19.1. The van der Waals surface area contributed by atoms with E-state index in [1.807, 2.05) is 6.20 Å². The summed E-state index contributed by atoms with van der Waals surface area (Å²) < 4.78 is 7.65. The first-order chi connectivity index (χ1) is 43.6. The Morgan fingerprint density at radius 2 is 1.01 bits per heavy atom. The Balaban J connectivity index is 1.09. The van der Waals surface area contributed by atoms with Gasteiger partial charge in [-0.15, -0.1) is 0 Å². The van der Waals surface area contributed by atoms with Crippen molar-refractivity contribution < 1.29 is 4.42 Å². The Kier molecular flexibility index (Phi) is 13.5. The van der Waals surface area contributed by atoms with Crippen molar-refractivity contribution in [2.45, 2.75) is 85.5 Å². The first-order valence-electron chi connectivity index (χ1n) is 31.7. The molecule has 0 saturated heterocycles. The third-order valence-electron chi connectivity index (χ3n) is 19.1. The number of para-hydroxylation sites is 1. The van der Waals surface area contributed by atoms with E-state index >= 15 is 0 Å². The topological polar surface area (TPSA) is 44.5 Å². The number of aryl methyl sites for hydroxylation is 3. The molecule has 0 atom stereocenters. The van der Waals surface area contributed by atoms with Gasteiger partial charge in [0.25, 0.3) is 0 Å². The molecule has 5 nitrogen and oxygen atoms in total. The summed E-state index contributed by atoms with van der Waals surface area (Å²) >= 11 is 0. The summed E-state index contributed by atoms with van der Waals surface area (Å²) in [6, 6.07) is 88.3. The number of nitrogens with one attached hydrogen (secondary N) is 1. The van der Waals surface area contributed by atoms with Crippen molar-refractivity contribution in [1.82, 2.24) is 10.3 Å². The number of fused-ring (bicyclic) bond motifs is 12. The van der Waals surface area contributed by atoms with Crippen molar-refractivity contribution in [2.75, 3.05) is 16.3 Å². The van der Waals surface area contributed by atoms with Gasteiger partial charge >= 0.3 is 0 Å². The van der Waals surface area contributed by atoms with Crippen LogP contribution in [0.2, 0.25) is 0 Å². The van der Waals surface area contributed by atoms with Gasteiger partial charge in [0, 0.05) is 51.9 Å². The number of furan rings is 1. The van der Waals surface area contributed by atoms with Crippen molar-refractivity contribution in [1.29, 1.82) is 0 Å². The number of anilines is 5. The van der Waals surface area contributed by atoms with Crippen LogP contribution in [0.4, 0.5) is 28.6 Å². The van der Waals surface area contributed by atoms with E-state index in [4.69, 9.17) is 9.40 Å². The van der Waals surface area contributed by atoms with E-state index in [0.29, 0.717) is 0 Å². The molecular weight excluding hydrogens is 1090 g/mol. The van der Waals surface area contributed by atoms with Gasteiger partial charge in [0.1, 0.15) is 22.8 Å². The summed E-state index contributed by atoms with van der Waals surface area (Å²) in [5, 5.41) is 10.7. The van der Waals surface area contributed by atoms with Crippen LogP contribution in [0.25, 0.3) is 71.3 Å². The van der Waals surface area contributed by atoms with Gasteiger partial charge in [0.2, 0.25) is 0 Å². The number of pyridine rings is 1. The van der Waals surface area contributed by atoms with Crippen LogP contribution in [0, 0.1) is 20.8 Å². The fourth-order valence-corrected chi connectivity index (χ4v) is 14.6. The zero-order valence-corrected chi connectivity index (χ0v) is 53.1. The van der Waals surface area contributed by atoms with E-state index in [-0.39, 0.29) is 10.8 Å². The molecule has 3 heterocycles. The smallest absolute Gasteiger partial charge is 0.145 e. The summed E-state index contributed by atoms with van der Waals surface area (Å²) in [6.45, 7) is 23.2. The first-order valence-corrected chi connectivity index (χ1v) is 31.7. The van der Waals surface area contributed by atoms with Crippen LogP contribution in [0.5, 0.6) is 0 Å². The zero-order valence-electron chi connectivity index (χ0n) is 53.1. The molecule has 1 aliphatic carbocycles. The molecule has 15 rings (SSSR count). The van der Waals surface area contributed by atoms with Crippen LogP contribution < -0.4 is 15.1 Å². The van der Waals surface area contributed by atoms with E-state index in [1.54, 1.807) is 0 Å². The first kappa shape index (κ1) is 56.3. The fraction of sp³-hybridized carbons (Fsp3) is 0.165. The molecule has 13 aromatic rings. The van der Waals surface area contributed by atoms with Gasteiger partial charge in [-0.05, 0) is 181 Å². The van der Waals surface area contributed by atoms with Gasteiger partial charge in [-0.25, -0.2) is 4.98 Å². The molecule has 1 N–H and O–H groups in total. The molecule has 0 fully saturated rings. The minimum absolute atomic E-state index is 0.0197. The number of allylic oxidation sites excluding steroid dienone is 2. The van der Waals surface area contributed by atoms with Gasteiger partial charge in [-0.1, -0.05) is 235 Å². The Bertz CT molecular complexity index is 5010. The van der Waals surface area contributed by atoms with Crippen molar-refractivity contribution in [3.05, 3.63) is 316 Å². The minimum Gasteiger partial charge on any atom is -0.455 e. The van der Waals surface area contributed by atoms with E-state index in [2.05, 4.69) is 327 Å². The van der Waals surface area contributed by atoms with Crippen LogP contribution in [0.3, 0.4) is 0 Å². The average molecular weight is 1170 g/mol. The summed E-state index contributed by atoms with van der Waals surface area (Å²) in [5.74, 6) is 1.88. The molecule has 2 aromatic heterocycles. The van der Waals surface area contributed by atoms with E-state index in [0.717, 1.165) is 118 Å². The molecule has 1 aliphatic heterocycles. The van der Waals surface area contributed by atoms with Gasteiger partial charge in [0.05, 0.1) is 16.5 Å². The van der Waals surface area contributed by atoms with Crippen LogP contribution >= 0.6 is 0 Å². The number of rotatable bonds is 10. The maximum atomic E-state index is 7.65. The van der Waals surface area contributed by atoms with Gasteiger partial charge in [-0.2, -0.15) is 0 Å². The Morgan fingerprint density at radius 3 is 1.63 bits per heavy atom. The van der Waals surface area contributed by atoms with E-state index in [1.165, 1.54) is 55.3 Å². The predicted octanol–water partition coefficient (Wildman–Crippen LogP) is 22.4. The van der Waals surface area contributed by atoms with Crippen molar-refractivity contribution in [3.63, 3.8) is 0 Å². The Labute approximate surface area is 529 Å². The fourth-order valence-electron chi connectivity index (χ4n) is 14.6. The van der Waals surface area contributed by atoms with Gasteiger partial charge < -0.3 is 9.73 Å². The van der Waals surface area contributed by atoms with Crippen LogP contribution in [-0.4, -0.2) is 11.5 Å². The number of hydrogen-bond acceptors (Lipinski definition) is 5. The van der Waals surface area contributed by atoms with Crippen molar-refractivity contribution >= 4 is 77.6 Å². The second kappa shape index (κ2) is 21.5. The quantitative estimate of drug-likeness (QED) is 0.138. The van der Waals surface area contributed by atoms with Crippen LogP contribution in [0.15, 0.2) is 265 Å². The lowest BCUT2D eigenvalue weighted by molar-refractivity contribution is 0.590. The average Bonchev–Trinajstić information content (AvgIpc) is 1.49. The monoisotopic (exact) mass is 1170 g/mol. The largest absolute Gasteiger partial charge is 0.455 e. The SMILES string of the molecule is CC1=CC(c2ccccc2C)=C(N(c2ccc(C(C)(C)C)cc2)c2ccc3c4c(c5ccccc5c3c2)-c2c(cc(N(c3ccc(C(C)(C)C)cc3)c3ncc(C)cc3-c3ccccc3C)c3c2oc2ccccc23)C4(c2ccccc2)c2ccccc2)NC1. The lowest BCUT2D eigenvalue weighted by Gasteiger charge is -2.36. The molecule has 11 aromatic carbocycles. The third kappa shape index (κ3) is 9.07. The number of nitrogens with zero attached hydrogens (tertiary/aromatic N) is 3. The summed E-state index contributed by atoms with van der Waals surface area (Å²) in [5.41, 5.74) is 23.6. The molecule has 0 radical (unpaired) electrons. The van der Waals surface area contributed by atoms with Crippen LogP contribution in [0.1, 0.15) is 104 Å². The highest BCUT2D eigenvalue weighted by molar-refractivity contribution is 6.26. The van der Waals surface area contributed by atoms with Gasteiger partial charge in [-0.3, -0.25) is 9.80 Å². The van der Waals surface area contributed by atoms with Crippen molar-refractivity contribution in [3.8, 4) is 22.3 Å². The molecule has 0 unspecified atom stereocenters. The number of aromatic nitrogens is 1. The van der Waals surface area contributed by atoms with Crippen LogP contribution in [-0.2, 0) is 16.2 Å². The summed E-state index contributed by atoms with van der Waals surface area (Å²) in [4.78, 5) is 10.5. The Morgan fingerprint density at radius 1 is 0.467 bits per heavy atom. The predicted molar refractivity (Wildman–Crippen MR) is 379 cm³/mol. The maximum absolute atomic E-state index is 7.65. The van der Waals surface area contributed by atoms with E-state index in [9.17, 15) is 0 Å². The Hall–Kier alpha value is -10.2.